The smallest absolute Gasteiger partial charge is 0.306 e. The Bertz CT molecular complexity index is 512. The van der Waals surface area contributed by atoms with Gasteiger partial charge in [-0.15, -0.1) is 0 Å². The molecular weight excluding hydrogens is 285 g/mol. The highest BCUT2D eigenvalue weighted by Gasteiger charge is 2.18. The summed E-state index contributed by atoms with van der Waals surface area (Å²) < 4.78 is 18.2. The molecule has 0 fully saturated rings. The van der Waals surface area contributed by atoms with Crippen molar-refractivity contribution in [3.8, 4) is 0 Å². The molecule has 1 aromatic carbocycles. The maximum atomic E-state index is 13.4. The molecule has 0 heterocycles. The van der Waals surface area contributed by atoms with Gasteiger partial charge in [-0.3, -0.25) is 9.59 Å². The Kier molecular flexibility index (Phi) is 5.51. The molecule has 0 aromatic heterocycles. The van der Waals surface area contributed by atoms with E-state index in [1.165, 1.54) is 12.1 Å². The average Bonchev–Trinajstić information content (AvgIpc) is 2.28. The third-order valence-electron chi connectivity index (χ3n) is 2.24. The first-order valence-electron chi connectivity index (χ1n) is 6.08. The summed E-state index contributed by atoms with van der Waals surface area (Å²) >= 11 is 5.60. The number of hydrogen-bond donors (Lipinski definition) is 1. The number of esters is 1. The van der Waals surface area contributed by atoms with Crippen LogP contribution < -0.4 is 5.32 Å². The van der Waals surface area contributed by atoms with Crippen molar-refractivity contribution in [1.82, 2.24) is 0 Å². The molecule has 20 heavy (non-hydrogen) atoms. The fourth-order valence-electron chi connectivity index (χ4n) is 1.41. The van der Waals surface area contributed by atoms with Crippen molar-refractivity contribution < 1.29 is 18.7 Å². The molecule has 4 nitrogen and oxygen atoms in total. The summed E-state index contributed by atoms with van der Waals surface area (Å²) in [6.07, 6.45) is 0.204. The van der Waals surface area contributed by atoms with Gasteiger partial charge >= 0.3 is 5.97 Å². The normalized spacial score (nSPS) is 11.1. The maximum absolute atomic E-state index is 13.4. The second-order valence-corrected chi connectivity index (χ2v) is 6.01. The van der Waals surface area contributed by atoms with E-state index in [2.05, 4.69) is 5.32 Å². The zero-order chi connectivity index (χ0) is 15.3. The summed E-state index contributed by atoms with van der Waals surface area (Å²) in [4.78, 5) is 23.0. The Hall–Kier alpha value is -1.62. The Balaban J connectivity index is 2.46. The highest BCUT2D eigenvalue weighted by Crippen LogP contribution is 2.20. The molecule has 1 amide bonds. The first kappa shape index (κ1) is 16.4. The molecule has 0 radical (unpaired) electrons. The molecule has 0 bridgehead atoms. The van der Waals surface area contributed by atoms with Gasteiger partial charge in [0.15, 0.2) is 6.61 Å². The lowest BCUT2D eigenvalue weighted by Gasteiger charge is -2.16. The lowest BCUT2D eigenvalue weighted by molar-refractivity contribution is -0.149. The van der Waals surface area contributed by atoms with E-state index in [4.69, 9.17) is 16.3 Å². The van der Waals surface area contributed by atoms with E-state index in [1.54, 1.807) is 0 Å². The monoisotopic (exact) mass is 301 g/mol. The van der Waals surface area contributed by atoms with Crippen LogP contribution in [-0.2, 0) is 14.3 Å². The average molecular weight is 302 g/mol. The summed E-state index contributed by atoms with van der Waals surface area (Å²) in [5.74, 6) is -1.72. The van der Waals surface area contributed by atoms with Crippen LogP contribution in [0, 0.1) is 11.2 Å². The molecule has 1 N–H and O–H groups in total. The number of benzene rings is 1. The van der Waals surface area contributed by atoms with Crippen molar-refractivity contribution in [3.63, 3.8) is 0 Å². The highest BCUT2D eigenvalue weighted by molar-refractivity contribution is 6.30. The molecule has 1 rings (SSSR count). The van der Waals surface area contributed by atoms with E-state index in [9.17, 15) is 14.0 Å². The van der Waals surface area contributed by atoms with E-state index in [0.29, 0.717) is 0 Å². The summed E-state index contributed by atoms with van der Waals surface area (Å²) in [6.45, 7) is 5.21. The summed E-state index contributed by atoms with van der Waals surface area (Å²) in [7, 11) is 0. The predicted octanol–water partition coefficient (Wildman–Crippen LogP) is 3.40. The summed E-state index contributed by atoms with van der Waals surface area (Å²) in [5.41, 5.74) is -0.221. The minimum atomic E-state index is -0.646. The van der Waals surface area contributed by atoms with Gasteiger partial charge in [0.2, 0.25) is 0 Å². The fraction of sp³-hybridized carbons (Fsp3) is 0.429. The van der Waals surface area contributed by atoms with Crippen molar-refractivity contribution in [2.45, 2.75) is 27.2 Å². The van der Waals surface area contributed by atoms with Crippen LogP contribution in [0.5, 0.6) is 0 Å². The van der Waals surface area contributed by atoms with Crippen molar-refractivity contribution in [1.29, 1.82) is 0 Å². The van der Waals surface area contributed by atoms with Crippen molar-refractivity contribution in [3.05, 3.63) is 29.0 Å². The third kappa shape index (κ3) is 6.02. The molecule has 0 saturated carbocycles. The SMILES string of the molecule is CC(C)(C)CC(=O)OCC(=O)Nc1ccc(Cl)cc1F. The predicted molar refractivity (Wildman–Crippen MR) is 75.1 cm³/mol. The molecule has 0 aliphatic heterocycles. The molecule has 6 heteroatoms. The molecule has 0 aliphatic rings. The number of amides is 1. The lowest BCUT2D eigenvalue weighted by atomic mass is 9.93. The van der Waals surface area contributed by atoms with Crippen LogP contribution in [0.2, 0.25) is 5.02 Å². The maximum Gasteiger partial charge on any atom is 0.306 e. The van der Waals surface area contributed by atoms with Gasteiger partial charge in [0, 0.05) is 5.02 Å². The van der Waals surface area contributed by atoms with E-state index in [1.807, 2.05) is 20.8 Å². The number of rotatable bonds is 4. The fourth-order valence-corrected chi connectivity index (χ4v) is 1.57. The van der Waals surface area contributed by atoms with Gasteiger partial charge in [0.05, 0.1) is 12.1 Å². The third-order valence-corrected chi connectivity index (χ3v) is 2.48. The van der Waals surface area contributed by atoms with Gasteiger partial charge in [-0.05, 0) is 23.6 Å². The van der Waals surface area contributed by atoms with Crippen LogP contribution >= 0.6 is 11.6 Å². The number of carbonyl (C=O) groups excluding carboxylic acids is 2. The molecule has 0 spiro atoms. The molecule has 0 aliphatic carbocycles. The van der Waals surface area contributed by atoms with Crippen LogP contribution in [0.1, 0.15) is 27.2 Å². The number of anilines is 1. The molecule has 110 valence electrons. The van der Waals surface area contributed by atoms with E-state index < -0.39 is 24.3 Å². The van der Waals surface area contributed by atoms with Crippen molar-refractivity contribution in [2.24, 2.45) is 5.41 Å². The Labute approximate surface area is 122 Å². The van der Waals surface area contributed by atoms with Crippen LogP contribution in [0.15, 0.2) is 18.2 Å². The number of ether oxygens (including phenoxy) is 1. The Morgan fingerprint density at radius 3 is 2.55 bits per heavy atom. The molecule has 0 unspecified atom stereocenters. The van der Waals surface area contributed by atoms with Crippen molar-refractivity contribution in [2.75, 3.05) is 11.9 Å². The molecule has 0 saturated heterocycles. The summed E-state index contributed by atoms with van der Waals surface area (Å²) in [6, 6.07) is 3.88. The number of hydrogen-bond acceptors (Lipinski definition) is 3. The van der Waals surface area contributed by atoms with Gasteiger partial charge in [-0.25, -0.2) is 4.39 Å². The van der Waals surface area contributed by atoms with Gasteiger partial charge in [0.1, 0.15) is 5.82 Å². The molecular formula is C14H17ClFNO3. The number of halogens is 2. The minimum absolute atomic E-state index is 0.00808. The second-order valence-electron chi connectivity index (χ2n) is 5.57. The van der Waals surface area contributed by atoms with Crippen molar-refractivity contribution >= 4 is 29.2 Å². The van der Waals surface area contributed by atoms with E-state index in [-0.39, 0.29) is 22.5 Å². The van der Waals surface area contributed by atoms with Crippen LogP contribution in [-0.4, -0.2) is 18.5 Å². The zero-order valence-corrected chi connectivity index (χ0v) is 12.4. The number of nitrogens with one attached hydrogen (secondary N) is 1. The Morgan fingerprint density at radius 1 is 1.35 bits per heavy atom. The number of carbonyl (C=O) groups is 2. The van der Waals surface area contributed by atoms with Gasteiger partial charge in [-0.1, -0.05) is 32.4 Å². The van der Waals surface area contributed by atoms with E-state index in [0.717, 1.165) is 6.07 Å². The lowest BCUT2D eigenvalue weighted by Crippen LogP contribution is -2.23. The topological polar surface area (TPSA) is 55.4 Å². The zero-order valence-electron chi connectivity index (χ0n) is 11.6. The molecule has 1 aromatic rings. The summed E-state index contributed by atoms with van der Waals surface area (Å²) in [5, 5.41) is 2.54. The van der Waals surface area contributed by atoms with Crippen LogP contribution in [0.4, 0.5) is 10.1 Å². The Morgan fingerprint density at radius 2 is 2.00 bits per heavy atom. The quantitative estimate of drug-likeness (QED) is 0.867. The first-order valence-corrected chi connectivity index (χ1v) is 6.46. The van der Waals surface area contributed by atoms with E-state index >= 15 is 0 Å². The molecule has 0 atom stereocenters. The van der Waals surface area contributed by atoms with Gasteiger partial charge < -0.3 is 10.1 Å². The standard InChI is InChI=1S/C14H17ClFNO3/c1-14(2,3)7-13(19)20-8-12(18)17-11-5-4-9(15)6-10(11)16/h4-6H,7-8H2,1-3H3,(H,17,18). The van der Waals surface area contributed by atoms with Crippen LogP contribution in [0.25, 0.3) is 0 Å². The largest absolute Gasteiger partial charge is 0.456 e. The minimum Gasteiger partial charge on any atom is -0.456 e. The van der Waals surface area contributed by atoms with Gasteiger partial charge in [-0.2, -0.15) is 0 Å². The van der Waals surface area contributed by atoms with Crippen LogP contribution in [0.3, 0.4) is 0 Å². The first-order chi connectivity index (χ1) is 9.17. The highest BCUT2D eigenvalue weighted by atomic mass is 35.5. The second kappa shape index (κ2) is 6.70. The van der Waals surface area contributed by atoms with Gasteiger partial charge in [0.25, 0.3) is 5.91 Å².